The second kappa shape index (κ2) is 29.5. The summed E-state index contributed by atoms with van der Waals surface area (Å²) in [4.78, 5) is 0. The average Bonchev–Trinajstić information content (AvgIpc) is 1.85. The van der Waals surface area contributed by atoms with Gasteiger partial charge in [-0.2, -0.15) is 0 Å². The van der Waals surface area contributed by atoms with Crippen LogP contribution in [0.1, 0.15) is 0 Å². The van der Waals surface area contributed by atoms with E-state index >= 15 is 0 Å². The molecule has 0 saturated carbocycles. The third-order valence-electron chi connectivity index (χ3n) is 0. The summed E-state index contributed by atoms with van der Waals surface area (Å²) in [5, 5.41) is 0. The van der Waals surface area contributed by atoms with E-state index in [-0.39, 0.29) is 28.7 Å². The van der Waals surface area contributed by atoms with Crippen LogP contribution in [-0.4, -0.2) is 59.6 Å². The molecule has 0 bridgehead atoms. The van der Waals surface area contributed by atoms with Gasteiger partial charge in [-0.1, -0.05) is 0 Å². The fraction of sp³-hybridized carbons (Fsp3) is 1.00. The maximum absolute atomic E-state index is 2.33. The Kier molecular flexibility index (Phi) is 52.9. The third kappa shape index (κ3) is 521. The van der Waals surface area contributed by atoms with E-state index in [1.54, 1.807) is 0 Å². The molecule has 86 valence electrons. The van der Waals surface area contributed by atoms with Crippen molar-refractivity contribution in [2.75, 3.05) is 0 Å². The Morgan fingerprint density at radius 2 is 0.500 bits per heavy atom. The van der Waals surface area contributed by atoms with Crippen LogP contribution in [0.4, 0.5) is 0 Å². The van der Waals surface area contributed by atoms with Gasteiger partial charge in [0.15, 0.2) is 0 Å². The second-order valence-corrected chi connectivity index (χ2v) is 20.8. The van der Waals surface area contributed by atoms with E-state index in [1.807, 2.05) is 0 Å². The zero-order chi connectivity index (χ0) is 12.6. The van der Waals surface area contributed by atoms with Gasteiger partial charge >= 0.3 is 117 Å². The van der Waals surface area contributed by atoms with Crippen LogP contribution >= 0.6 is 0 Å². The van der Waals surface area contributed by atoms with Gasteiger partial charge in [-0.25, -0.2) is 0 Å². The third-order valence-corrected chi connectivity index (χ3v) is 0. The van der Waals surface area contributed by atoms with Crippen LogP contribution in [-0.2, 0) is 0 Å². The van der Waals surface area contributed by atoms with E-state index < -0.39 is 0 Å². The first kappa shape index (κ1) is 25.1. The average molecular weight is 441 g/mol. The Labute approximate surface area is 116 Å². The Bertz CT molecular complexity index is 42.6. The van der Waals surface area contributed by atoms with Crippen molar-refractivity contribution in [2.24, 2.45) is 0 Å². The van der Waals surface area contributed by atoms with Crippen molar-refractivity contribution in [2.45, 2.75) is 57.6 Å². The van der Waals surface area contributed by atoms with E-state index in [2.05, 4.69) is 57.6 Å². The van der Waals surface area contributed by atoms with Crippen molar-refractivity contribution in [1.29, 1.82) is 0 Å². The molecule has 0 saturated heterocycles. The topological polar surface area (TPSA) is 0 Å². The van der Waals surface area contributed by atoms with Crippen molar-refractivity contribution in [3.63, 3.8) is 0 Å². The van der Waals surface area contributed by atoms with Gasteiger partial charge in [0.25, 0.3) is 0 Å². The fourth-order valence-corrected chi connectivity index (χ4v) is 0. The van der Waals surface area contributed by atoms with Crippen LogP contribution in [0.3, 0.4) is 0 Å². The summed E-state index contributed by atoms with van der Waals surface area (Å²) in [6, 6.07) is 0. The molecule has 0 rings (SSSR count). The van der Waals surface area contributed by atoms with Gasteiger partial charge in [0.05, 0.1) is 0 Å². The molecule has 0 aromatic rings. The summed E-state index contributed by atoms with van der Waals surface area (Å²) >= 11 is 0.333. The SMILES string of the molecule is [CH3][Ge]([CH3])[CH3].[CH3][Ge]([CH3])[CH3].[CH3][Ge][CH3].[CH3][Ge][CH3]. The molecule has 0 aliphatic carbocycles. The van der Waals surface area contributed by atoms with E-state index in [0.717, 1.165) is 0 Å². The molecule has 0 aromatic heterocycles. The van der Waals surface area contributed by atoms with Crippen molar-refractivity contribution in [3.8, 4) is 0 Å². The molecule has 4 heteroatoms. The van der Waals surface area contributed by atoms with Crippen molar-refractivity contribution < 1.29 is 0 Å². The first-order valence-corrected chi connectivity index (χ1v) is 26.0. The Morgan fingerprint density at radius 3 is 0.500 bits per heavy atom. The number of hydrogen-bond acceptors (Lipinski definition) is 0. The molecule has 0 heterocycles. The van der Waals surface area contributed by atoms with Gasteiger partial charge in [-0.3, -0.25) is 0 Å². The number of rotatable bonds is 0. The van der Waals surface area contributed by atoms with Gasteiger partial charge in [0.2, 0.25) is 0 Å². The predicted molar refractivity (Wildman–Crippen MR) is 81.7 cm³/mol. The van der Waals surface area contributed by atoms with E-state index in [1.165, 1.54) is 0 Å². The summed E-state index contributed by atoms with van der Waals surface area (Å²) in [5.74, 6) is 23.0. The van der Waals surface area contributed by atoms with Crippen LogP contribution in [0.5, 0.6) is 0 Å². The maximum atomic E-state index is 2.33. The molecule has 0 aromatic carbocycles. The summed E-state index contributed by atoms with van der Waals surface area (Å²) in [7, 11) is 0. The van der Waals surface area contributed by atoms with Gasteiger partial charge in [-0.15, -0.1) is 0 Å². The molecule has 0 aliphatic heterocycles. The fourth-order valence-electron chi connectivity index (χ4n) is 0. The summed E-state index contributed by atoms with van der Waals surface area (Å²) in [6.07, 6.45) is 0. The summed E-state index contributed by atoms with van der Waals surface area (Å²) in [5.41, 5.74) is 0. The Hall–Kier alpha value is 2.17. The minimum absolute atomic E-state index is 0.333. The van der Waals surface area contributed by atoms with E-state index in [0.29, 0.717) is 30.9 Å². The monoisotopic (exact) mass is 446 g/mol. The molecular weight excluding hydrogens is 411 g/mol. The molecule has 0 N–H and O–H groups in total. The molecule has 0 aliphatic rings. The molecule has 0 amide bonds. The first-order chi connectivity index (χ1) is 6.29. The van der Waals surface area contributed by atoms with E-state index in [9.17, 15) is 0 Å². The van der Waals surface area contributed by atoms with Crippen LogP contribution in [0.15, 0.2) is 0 Å². The van der Waals surface area contributed by atoms with Gasteiger partial charge in [-0.05, 0) is 0 Å². The quantitative estimate of drug-likeness (QED) is 0.492. The van der Waals surface area contributed by atoms with Gasteiger partial charge in [0, 0.05) is 0 Å². The van der Waals surface area contributed by atoms with Crippen molar-refractivity contribution in [1.82, 2.24) is 0 Å². The normalized spacial score (nSPS) is 7.71. The van der Waals surface area contributed by atoms with Crippen LogP contribution in [0.2, 0.25) is 57.6 Å². The zero-order valence-electron chi connectivity index (χ0n) is 12.0. The Balaban J connectivity index is -0.0000000482. The van der Waals surface area contributed by atoms with E-state index in [4.69, 9.17) is 0 Å². The van der Waals surface area contributed by atoms with Crippen molar-refractivity contribution in [3.05, 3.63) is 0 Å². The molecule has 0 unspecified atom stereocenters. The minimum atomic E-state index is -0.333. The first-order valence-electron chi connectivity index (χ1n) is 5.00. The molecule has 6 radical (unpaired) electrons. The molecule has 0 spiro atoms. The van der Waals surface area contributed by atoms with Crippen LogP contribution in [0, 0.1) is 0 Å². The van der Waals surface area contributed by atoms with Crippen LogP contribution < -0.4 is 0 Å². The van der Waals surface area contributed by atoms with Crippen molar-refractivity contribution >= 4 is 59.6 Å². The molecule has 0 fully saturated rings. The number of hydrogen-bond donors (Lipinski definition) is 0. The van der Waals surface area contributed by atoms with Gasteiger partial charge in [0.1, 0.15) is 0 Å². The zero-order valence-corrected chi connectivity index (χ0v) is 20.4. The standard InChI is InChI=1S/2C3H9Ge.2C2H6Ge/c2*1-4(2)3;2*1-3-2/h2*1-3H3;2*1-2H3. The molecule has 0 nitrogen and oxygen atoms in total. The molecular formula is C10H30Ge4. The molecule has 14 heavy (non-hydrogen) atoms. The summed E-state index contributed by atoms with van der Waals surface area (Å²) < 4.78 is 0. The Morgan fingerprint density at radius 1 is 0.500 bits per heavy atom. The van der Waals surface area contributed by atoms with Crippen LogP contribution in [0.25, 0.3) is 0 Å². The predicted octanol–water partition coefficient (Wildman–Crippen LogP) is 4.31. The second-order valence-electron chi connectivity index (χ2n) is 4.00. The van der Waals surface area contributed by atoms with Gasteiger partial charge < -0.3 is 0 Å². The molecule has 0 atom stereocenters. The summed E-state index contributed by atoms with van der Waals surface area (Å²) in [6.45, 7) is 0.